The Hall–Kier alpha value is -2.47. The zero-order valence-corrected chi connectivity index (χ0v) is 14.9. The Kier molecular flexibility index (Phi) is 6.17. The van der Waals surface area contributed by atoms with Gasteiger partial charge in [-0.2, -0.15) is 0 Å². The van der Waals surface area contributed by atoms with E-state index in [1.165, 1.54) is 0 Å². The Morgan fingerprint density at radius 2 is 2.08 bits per heavy atom. The molecule has 0 amide bonds. The van der Waals surface area contributed by atoms with Gasteiger partial charge in [0, 0.05) is 6.54 Å². The van der Waals surface area contributed by atoms with Crippen LogP contribution in [0.3, 0.4) is 0 Å². The first kappa shape index (κ1) is 18.3. The number of hydrogen-bond donors (Lipinski definition) is 1. The van der Waals surface area contributed by atoms with Crippen molar-refractivity contribution in [3.05, 3.63) is 43.1 Å². The van der Waals surface area contributed by atoms with E-state index in [2.05, 4.69) is 21.4 Å². The molecular weight excluding hydrogens is 330 g/mol. The van der Waals surface area contributed by atoms with Crippen molar-refractivity contribution < 1.29 is 14.6 Å². The van der Waals surface area contributed by atoms with E-state index in [-0.39, 0.29) is 12.0 Å². The molecule has 0 aliphatic carbocycles. The first-order chi connectivity index (χ1) is 12.7. The molecule has 1 aromatic heterocycles. The average molecular weight is 355 g/mol. The number of likely N-dealkylation sites (tertiary alicyclic amines) is 1. The number of benzene rings is 1. The maximum atomic E-state index is 11.1. The van der Waals surface area contributed by atoms with Crippen LogP contribution in [0, 0.1) is 5.92 Å². The second kappa shape index (κ2) is 8.76. The van der Waals surface area contributed by atoms with Crippen molar-refractivity contribution in [2.45, 2.75) is 31.8 Å². The van der Waals surface area contributed by atoms with Crippen LogP contribution in [0.2, 0.25) is 0 Å². The van der Waals surface area contributed by atoms with Gasteiger partial charge in [0.05, 0.1) is 23.1 Å². The summed E-state index contributed by atoms with van der Waals surface area (Å²) in [5, 5.41) is 9.13. The summed E-state index contributed by atoms with van der Waals surface area (Å²) in [7, 11) is 0. The lowest BCUT2D eigenvalue weighted by Gasteiger charge is -2.32. The summed E-state index contributed by atoms with van der Waals surface area (Å²) in [6, 6.07) is 7.71. The van der Waals surface area contributed by atoms with Gasteiger partial charge in [0.25, 0.3) is 0 Å². The topological polar surface area (TPSA) is 75.6 Å². The van der Waals surface area contributed by atoms with Crippen molar-refractivity contribution in [3.8, 4) is 5.88 Å². The molecule has 0 unspecified atom stereocenters. The number of carbonyl (C=O) groups is 1. The summed E-state index contributed by atoms with van der Waals surface area (Å²) < 4.78 is 6.12. The highest BCUT2D eigenvalue weighted by Crippen LogP contribution is 2.20. The molecule has 1 aliphatic heterocycles. The van der Waals surface area contributed by atoms with Gasteiger partial charge in [-0.15, -0.1) is 6.58 Å². The second-order valence-corrected chi connectivity index (χ2v) is 6.72. The molecule has 6 heteroatoms. The first-order valence-corrected chi connectivity index (χ1v) is 9.10. The van der Waals surface area contributed by atoms with Crippen LogP contribution in [0.1, 0.15) is 25.7 Å². The summed E-state index contributed by atoms with van der Waals surface area (Å²) >= 11 is 0. The fraction of sp³-hybridized carbons (Fsp3) is 0.450. The Balaban J connectivity index is 1.63. The lowest BCUT2D eigenvalue weighted by molar-refractivity contribution is -0.143. The van der Waals surface area contributed by atoms with Gasteiger partial charge < -0.3 is 9.84 Å². The molecule has 1 atom stereocenters. The molecule has 1 fully saturated rings. The summed E-state index contributed by atoms with van der Waals surface area (Å²) in [6.45, 7) is 6.13. The number of allylic oxidation sites excluding steroid dienone is 1. The molecular formula is C20H25N3O3. The Morgan fingerprint density at radius 1 is 1.35 bits per heavy atom. The van der Waals surface area contributed by atoms with Crippen molar-refractivity contribution in [1.29, 1.82) is 0 Å². The Morgan fingerprint density at radius 3 is 2.77 bits per heavy atom. The van der Waals surface area contributed by atoms with Crippen LogP contribution in [0.25, 0.3) is 11.0 Å². The third-order valence-electron chi connectivity index (χ3n) is 4.81. The van der Waals surface area contributed by atoms with E-state index in [4.69, 9.17) is 9.84 Å². The van der Waals surface area contributed by atoms with E-state index in [1.54, 1.807) is 6.20 Å². The summed E-state index contributed by atoms with van der Waals surface area (Å²) in [5.41, 5.74) is 1.66. The quantitative estimate of drug-likeness (QED) is 0.733. The van der Waals surface area contributed by atoms with Crippen LogP contribution < -0.4 is 4.74 Å². The number of carboxylic acids is 1. The normalized spacial score (nSPS) is 17.1. The van der Waals surface area contributed by atoms with E-state index in [0.717, 1.165) is 43.5 Å². The number of para-hydroxylation sites is 2. The third kappa shape index (κ3) is 4.79. The molecule has 2 heterocycles. The highest BCUT2D eigenvalue weighted by Gasteiger charge is 2.26. The molecule has 2 aromatic rings. The van der Waals surface area contributed by atoms with Gasteiger partial charge in [-0.3, -0.25) is 9.69 Å². The van der Waals surface area contributed by atoms with Gasteiger partial charge in [-0.1, -0.05) is 18.2 Å². The van der Waals surface area contributed by atoms with Gasteiger partial charge >= 0.3 is 5.97 Å². The predicted octanol–water partition coefficient (Wildman–Crippen LogP) is 3.14. The van der Waals surface area contributed by atoms with Crippen molar-refractivity contribution in [2.24, 2.45) is 5.92 Å². The Bertz CT molecular complexity index is 757. The smallest absolute Gasteiger partial charge is 0.306 e. The molecule has 6 nitrogen and oxygen atoms in total. The van der Waals surface area contributed by atoms with E-state index in [1.807, 2.05) is 30.3 Å². The number of hydrogen-bond acceptors (Lipinski definition) is 5. The largest absolute Gasteiger partial charge is 0.481 e. The monoisotopic (exact) mass is 355 g/mol. The first-order valence-electron chi connectivity index (χ1n) is 9.10. The molecule has 1 N–H and O–H groups in total. The van der Waals surface area contributed by atoms with Crippen LogP contribution in [-0.4, -0.2) is 51.7 Å². The minimum atomic E-state index is -0.685. The zero-order valence-electron chi connectivity index (χ0n) is 14.9. The number of aliphatic carboxylic acids is 1. The van der Waals surface area contributed by atoms with E-state index in [0.29, 0.717) is 18.7 Å². The second-order valence-electron chi connectivity index (χ2n) is 6.72. The predicted molar refractivity (Wildman–Crippen MR) is 100 cm³/mol. The molecule has 1 aromatic carbocycles. The molecule has 1 aliphatic rings. The van der Waals surface area contributed by atoms with E-state index < -0.39 is 5.97 Å². The summed E-state index contributed by atoms with van der Waals surface area (Å²) in [6.07, 6.45) is 6.62. The minimum Gasteiger partial charge on any atom is -0.481 e. The summed E-state index contributed by atoms with van der Waals surface area (Å²) in [4.78, 5) is 22.3. The van der Waals surface area contributed by atoms with Crippen molar-refractivity contribution in [3.63, 3.8) is 0 Å². The standard InChI is InChI=1S/C20H25N3O3/c1-2-3-6-16(14-23-11-9-15(10-12-23)20(24)25)26-19-13-21-17-7-4-5-8-18(17)22-19/h2,4-5,7-8,13,15-16H,1,3,6,9-12,14H2,(H,24,25)/t16-/m0/s1. The fourth-order valence-corrected chi connectivity index (χ4v) is 3.31. The maximum Gasteiger partial charge on any atom is 0.306 e. The molecule has 0 saturated carbocycles. The molecule has 26 heavy (non-hydrogen) atoms. The van der Waals surface area contributed by atoms with E-state index in [9.17, 15) is 4.79 Å². The van der Waals surface area contributed by atoms with Crippen LogP contribution in [0.4, 0.5) is 0 Å². The molecule has 138 valence electrons. The summed E-state index contributed by atoms with van der Waals surface area (Å²) in [5.74, 6) is -0.376. The molecule has 0 bridgehead atoms. The van der Waals surface area contributed by atoms with Crippen LogP contribution >= 0.6 is 0 Å². The number of aromatic nitrogens is 2. The maximum absolute atomic E-state index is 11.1. The number of rotatable bonds is 8. The number of piperidine rings is 1. The number of carboxylic acid groups (broad SMARTS) is 1. The van der Waals surface area contributed by atoms with Crippen molar-refractivity contribution in [2.75, 3.05) is 19.6 Å². The lowest BCUT2D eigenvalue weighted by Crippen LogP contribution is -2.42. The SMILES string of the molecule is C=CCC[C@@H](CN1CCC(C(=O)O)CC1)Oc1cnc2ccccc2n1. The van der Waals surface area contributed by atoms with Crippen molar-refractivity contribution >= 4 is 17.0 Å². The number of fused-ring (bicyclic) bond motifs is 1. The third-order valence-corrected chi connectivity index (χ3v) is 4.81. The van der Waals surface area contributed by atoms with Gasteiger partial charge in [0.2, 0.25) is 5.88 Å². The minimum absolute atomic E-state index is 0.0233. The zero-order chi connectivity index (χ0) is 18.4. The molecule has 0 radical (unpaired) electrons. The van der Waals surface area contributed by atoms with Gasteiger partial charge in [-0.25, -0.2) is 9.97 Å². The molecule has 0 spiro atoms. The van der Waals surface area contributed by atoms with Crippen LogP contribution in [0.15, 0.2) is 43.1 Å². The lowest BCUT2D eigenvalue weighted by atomic mass is 9.97. The highest BCUT2D eigenvalue weighted by molar-refractivity contribution is 5.74. The average Bonchev–Trinajstić information content (AvgIpc) is 2.66. The van der Waals surface area contributed by atoms with Gasteiger partial charge in [0.15, 0.2) is 0 Å². The number of ether oxygens (including phenoxy) is 1. The molecule has 3 rings (SSSR count). The molecule has 1 saturated heterocycles. The van der Waals surface area contributed by atoms with Crippen LogP contribution in [-0.2, 0) is 4.79 Å². The van der Waals surface area contributed by atoms with Crippen molar-refractivity contribution in [1.82, 2.24) is 14.9 Å². The number of nitrogens with zero attached hydrogens (tertiary/aromatic N) is 3. The highest BCUT2D eigenvalue weighted by atomic mass is 16.5. The van der Waals surface area contributed by atoms with E-state index >= 15 is 0 Å². The Labute approximate surface area is 153 Å². The fourth-order valence-electron chi connectivity index (χ4n) is 3.31. The van der Waals surface area contributed by atoms with Gasteiger partial charge in [0.1, 0.15) is 6.10 Å². The van der Waals surface area contributed by atoms with Crippen LogP contribution in [0.5, 0.6) is 5.88 Å². The van der Waals surface area contributed by atoms with Gasteiger partial charge in [-0.05, 0) is 50.9 Å².